The van der Waals surface area contributed by atoms with Gasteiger partial charge in [-0.05, 0) is 97.2 Å². The predicted octanol–water partition coefficient (Wildman–Crippen LogP) is 13.4. The number of fused-ring (bicyclic) bond motifs is 13. The molecular weight excluding hydrogens is 1010 g/mol. The van der Waals surface area contributed by atoms with Gasteiger partial charge in [-0.3, -0.25) is 19.2 Å². The Morgan fingerprint density at radius 2 is 0.932 bits per heavy atom. The summed E-state index contributed by atoms with van der Waals surface area (Å²) >= 11 is 6.92. The summed E-state index contributed by atoms with van der Waals surface area (Å²) in [6, 6.07) is 26.1. The highest BCUT2D eigenvalue weighted by molar-refractivity contribution is 7.34. The first-order valence-corrected chi connectivity index (χ1v) is 27.9. The Labute approximate surface area is 441 Å². The van der Waals surface area contributed by atoms with Gasteiger partial charge in [0.2, 0.25) is 0 Å². The molecule has 2 aromatic carbocycles. The summed E-state index contributed by atoms with van der Waals surface area (Å²) in [5.41, 5.74) is 6.16. The Morgan fingerprint density at radius 1 is 0.554 bits per heavy atom. The zero-order valence-electron chi connectivity index (χ0n) is 40.3. The smallest absolute Gasteiger partial charge is 0.424 e. The average Bonchev–Trinajstić information content (AvgIpc) is 4.26. The van der Waals surface area contributed by atoms with Crippen LogP contribution in [0, 0.1) is 22.7 Å². The van der Waals surface area contributed by atoms with Crippen molar-refractivity contribution in [2.45, 2.75) is 102 Å². The zero-order valence-corrected chi connectivity index (χ0v) is 43.5. The fourth-order valence-corrected chi connectivity index (χ4v) is 18.1. The van der Waals surface area contributed by atoms with E-state index in [0.717, 1.165) is 74.0 Å². The highest BCUT2D eigenvalue weighted by Crippen LogP contribution is 2.69. The molecule has 12 nitrogen and oxygen atoms in total. The molecule has 6 aromatic rings. The maximum absolute atomic E-state index is 14.2. The van der Waals surface area contributed by atoms with E-state index in [1.807, 2.05) is 46.9 Å². The first-order chi connectivity index (χ1) is 35.9. The van der Waals surface area contributed by atoms with E-state index in [1.165, 1.54) is 51.2 Å². The normalized spacial score (nSPS) is 19.6. The van der Waals surface area contributed by atoms with Crippen LogP contribution in [-0.2, 0) is 52.7 Å². The van der Waals surface area contributed by atoms with Crippen molar-refractivity contribution < 1.29 is 38.2 Å². The predicted molar refractivity (Wildman–Crippen MR) is 284 cm³/mol. The molecule has 12 rings (SSSR count). The van der Waals surface area contributed by atoms with Crippen LogP contribution in [0.3, 0.4) is 0 Å². The Hall–Kier alpha value is -7.34. The Morgan fingerprint density at radius 3 is 1.30 bits per heavy atom. The van der Waals surface area contributed by atoms with E-state index in [2.05, 4.69) is 12.1 Å². The van der Waals surface area contributed by atoms with Crippen molar-refractivity contribution in [2.75, 3.05) is 0 Å². The molecule has 74 heavy (non-hydrogen) atoms. The van der Waals surface area contributed by atoms with Crippen molar-refractivity contribution in [3.8, 4) is 31.6 Å². The summed E-state index contributed by atoms with van der Waals surface area (Å²) in [5.74, 6) is -3.66. The van der Waals surface area contributed by atoms with Crippen molar-refractivity contribution in [3.05, 3.63) is 149 Å². The zero-order chi connectivity index (χ0) is 51.2. The van der Waals surface area contributed by atoms with E-state index < -0.39 is 35.8 Å². The molecule has 6 aliphatic rings. The summed E-state index contributed by atoms with van der Waals surface area (Å²) in [7, 11) is 0. The first kappa shape index (κ1) is 47.7. The highest BCUT2D eigenvalue weighted by atomic mass is 32.1. The lowest BCUT2D eigenvalue weighted by molar-refractivity contribution is -0.140. The quantitative estimate of drug-likeness (QED) is 0.115. The summed E-state index contributed by atoms with van der Waals surface area (Å²) in [4.78, 5) is 89.4. The van der Waals surface area contributed by atoms with Gasteiger partial charge in [0.05, 0.1) is 19.2 Å². The minimum atomic E-state index is -1.14. The second-order valence-corrected chi connectivity index (χ2v) is 23.9. The molecule has 0 radical (unpaired) electrons. The largest absolute Gasteiger partial charge is 0.444 e. The van der Waals surface area contributed by atoms with E-state index in [-0.39, 0.29) is 57.5 Å². The molecule has 6 amide bonds. The molecule has 2 saturated carbocycles. The number of carbonyl (C=O) groups excluding carboxylic acids is 6. The van der Waals surface area contributed by atoms with Crippen LogP contribution < -0.4 is 0 Å². The average molecular weight is 1050 g/mol. The van der Waals surface area contributed by atoms with Gasteiger partial charge in [0, 0.05) is 52.6 Å². The molecule has 0 atom stereocenters. The van der Waals surface area contributed by atoms with Gasteiger partial charge in [0.1, 0.15) is 36.5 Å². The molecule has 4 aromatic heterocycles. The number of amides is 6. The number of hydrogen-bond acceptors (Lipinski definition) is 14. The third kappa shape index (κ3) is 7.21. The molecule has 4 aliphatic carbocycles. The van der Waals surface area contributed by atoms with E-state index in [0.29, 0.717) is 20.9 Å². The van der Waals surface area contributed by atoms with Crippen molar-refractivity contribution in [1.29, 1.82) is 10.5 Å². The third-order valence-corrected chi connectivity index (χ3v) is 20.7. The number of rotatable bonds is 6. The summed E-state index contributed by atoms with van der Waals surface area (Å²) in [5, 5.41) is 20.3. The molecular formula is C58H44N4O8S4. The Balaban J connectivity index is 0.920. The van der Waals surface area contributed by atoms with E-state index in [1.54, 1.807) is 97.2 Å². The van der Waals surface area contributed by atoms with Crippen LogP contribution in [0.2, 0.25) is 0 Å². The lowest BCUT2D eigenvalue weighted by atomic mass is 9.67. The number of thiophene rings is 4. The van der Waals surface area contributed by atoms with Crippen LogP contribution in [0.25, 0.3) is 41.1 Å². The number of benzene rings is 2. The van der Waals surface area contributed by atoms with Crippen molar-refractivity contribution in [2.24, 2.45) is 0 Å². The second kappa shape index (κ2) is 18.2. The monoisotopic (exact) mass is 1050 g/mol. The van der Waals surface area contributed by atoms with Crippen LogP contribution in [0.4, 0.5) is 9.59 Å². The van der Waals surface area contributed by atoms with Gasteiger partial charge >= 0.3 is 12.2 Å². The van der Waals surface area contributed by atoms with Crippen molar-refractivity contribution in [1.82, 2.24) is 9.80 Å². The molecule has 2 aliphatic heterocycles. The first-order valence-electron chi connectivity index (χ1n) is 24.6. The Kier molecular flexibility index (Phi) is 11.7. The molecule has 0 saturated heterocycles. The second-order valence-electron chi connectivity index (χ2n) is 19.7. The molecule has 16 heteroatoms. The minimum absolute atomic E-state index is 0.0951. The summed E-state index contributed by atoms with van der Waals surface area (Å²) in [6.45, 7) is 2.85. The highest BCUT2D eigenvalue weighted by Gasteiger charge is 2.53. The number of nitriles is 2. The number of nitrogens with zero attached hydrogens (tertiary/aromatic N) is 4. The van der Waals surface area contributed by atoms with E-state index >= 15 is 0 Å². The number of hydrogen-bond donors (Lipinski definition) is 0. The van der Waals surface area contributed by atoms with Crippen LogP contribution in [-0.4, -0.2) is 45.6 Å². The summed E-state index contributed by atoms with van der Waals surface area (Å²) in [6.07, 6.45) is 11.6. The molecule has 368 valence electrons. The van der Waals surface area contributed by atoms with Crippen LogP contribution in [0.5, 0.6) is 0 Å². The van der Waals surface area contributed by atoms with Gasteiger partial charge in [-0.15, -0.1) is 45.3 Å². The maximum atomic E-state index is 14.2. The third-order valence-electron chi connectivity index (χ3n) is 15.7. The fraction of sp³-hybridized carbons (Fsp3) is 0.276. The van der Waals surface area contributed by atoms with Gasteiger partial charge in [-0.2, -0.15) is 20.3 Å². The van der Waals surface area contributed by atoms with Crippen molar-refractivity contribution >= 4 is 103 Å². The van der Waals surface area contributed by atoms with Gasteiger partial charge < -0.3 is 9.47 Å². The number of imide groups is 6. The van der Waals surface area contributed by atoms with E-state index in [4.69, 9.17) is 9.47 Å². The maximum Gasteiger partial charge on any atom is 0.424 e. The molecule has 2 spiro atoms. The molecule has 0 N–H and O–H groups in total. The van der Waals surface area contributed by atoms with Crippen LogP contribution >= 0.6 is 45.3 Å². The van der Waals surface area contributed by atoms with Gasteiger partial charge in [-0.1, -0.05) is 99.2 Å². The fourth-order valence-electron chi connectivity index (χ4n) is 12.1. The van der Waals surface area contributed by atoms with Gasteiger partial charge in [0.15, 0.2) is 0 Å². The van der Waals surface area contributed by atoms with E-state index in [9.17, 15) is 39.3 Å². The molecule has 0 unspecified atom stereocenters. The van der Waals surface area contributed by atoms with Crippen LogP contribution in [0.15, 0.2) is 106 Å². The number of ether oxygens (including phenoxy) is 2. The molecule has 0 bridgehead atoms. The lowest BCUT2D eigenvalue weighted by Gasteiger charge is -2.35. The topological polar surface area (TPSA) is 175 Å². The standard InChI is InChI=1S/C58H44N4O8S4/c1-31-37(51(63)61(53(65)39(31)27-59)55(67)69-29-33-15-7-3-8-16-33)23-35-25-41-45(71-35)47-43(57(41)19-11-5-12-20-57)49-50(73-47)44-48(74-49)46-42(58(44)21-13-6-14-22-58)26-36(72-46)24-38-32(2)40(28-60)54(66)62(52(38)64)56(68)70-30-34-17-9-4-10-18-34/h3-4,7-10,15-18,23-26H,5-6,11-14,19-22,29-30H2,1-2H3/b37-23-,38-24+. The summed E-state index contributed by atoms with van der Waals surface area (Å²) < 4.78 is 13.5. The van der Waals surface area contributed by atoms with Gasteiger partial charge in [-0.25, -0.2) is 9.59 Å². The SMILES string of the molecule is CC1=C(C#N)C(=O)N(C(=O)OCc2ccccc2)C(=O)/C1=C\c1cc2c(s1)-c1sc3c4c(sc3c1C21CCCCC1)-c1sc(/C=C2/C(=O)N(C(=O)OCc3ccccc3)C(=O)C(C#N)=C2C)cc1C41CCCCC1. The van der Waals surface area contributed by atoms with Gasteiger partial charge in [0.25, 0.3) is 23.6 Å². The van der Waals surface area contributed by atoms with Crippen molar-refractivity contribution in [3.63, 3.8) is 0 Å². The lowest BCUT2D eigenvalue weighted by Crippen LogP contribution is -2.46. The molecule has 2 fully saturated rings. The molecule has 6 heterocycles. The van der Waals surface area contributed by atoms with Crippen LogP contribution in [0.1, 0.15) is 121 Å². The minimum Gasteiger partial charge on any atom is -0.444 e. The number of carbonyl (C=O) groups is 6. The Bertz CT molecular complexity index is 3460.